The second-order valence-electron chi connectivity index (χ2n) is 8.64. The minimum Gasteiger partial charge on any atom is -0.346 e. The molecule has 1 aromatic carbocycles. The van der Waals surface area contributed by atoms with Gasteiger partial charge in [-0.25, -0.2) is 9.37 Å². The highest BCUT2D eigenvalue weighted by molar-refractivity contribution is 5.79. The number of aromatic nitrogens is 4. The van der Waals surface area contributed by atoms with E-state index in [4.69, 9.17) is 4.98 Å². The van der Waals surface area contributed by atoms with Gasteiger partial charge in [-0.1, -0.05) is 18.2 Å². The number of H-pyrrole nitrogens is 1. The van der Waals surface area contributed by atoms with Gasteiger partial charge in [0.05, 0.1) is 22.9 Å². The fourth-order valence-electron chi connectivity index (χ4n) is 4.77. The molecule has 1 aliphatic rings. The van der Waals surface area contributed by atoms with Crippen molar-refractivity contribution in [3.63, 3.8) is 0 Å². The lowest BCUT2D eigenvalue weighted by atomic mass is 10.1. The van der Waals surface area contributed by atoms with E-state index in [1.165, 1.54) is 6.07 Å². The summed E-state index contributed by atoms with van der Waals surface area (Å²) < 4.78 is 16.1. The third-order valence-corrected chi connectivity index (χ3v) is 6.42. The van der Waals surface area contributed by atoms with Crippen LogP contribution in [0.2, 0.25) is 0 Å². The lowest BCUT2D eigenvalue weighted by Crippen LogP contribution is -2.34. The van der Waals surface area contributed by atoms with Crippen LogP contribution in [-0.4, -0.2) is 43.1 Å². The van der Waals surface area contributed by atoms with Crippen molar-refractivity contribution in [2.75, 3.05) is 6.54 Å². The molecule has 4 aromatic rings. The molecule has 164 valence electrons. The molecule has 0 saturated carbocycles. The van der Waals surface area contributed by atoms with E-state index >= 15 is 0 Å². The molecular weight excluding hydrogens is 405 g/mol. The van der Waals surface area contributed by atoms with Gasteiger partial charge in [-0.15, -0.1) is 0 Å². The number of carbonyl (C=O) groups is 1. The number of pyridine rings is 1. The average Bonchev–Trinajstić information content (AvgIpc) is 3.54. The number of fused-ring (bicyclic) bond motifs is 1. The highest BCUT2D eigenvalue weighted by atomic mass is 19.1. The first-order valence-electron chi connectivity index (χ1n) is 11.1. The number of aryl methyl sites for hydroxylation is 1. The number of benzene rings is 1. The minimum atomic E-state index is -0.239. The van der Waals surface area contributed by atoms with Crippen LogP contribution >= 0.6 is 0 Å². The van der Waals surface area contributed by atoms with Gasteiger partial charge in [-0.05, 0) is 55.5 Å². The molecule has 1 N–H and O–H groups in total. The van der Waals surface area contributed by atoms with Gasteiger partial charge in [-0.3, -0.25) is 9.89 Å². The van der Waals surface area contributed by atoms with Crippen LogP contribution in [0, 0.1) is 11.7 Å². The molecule has 2 atom stereocenters. The van der Waals surface area contributed by atoms with E-state index in [0.717, 1.165) is 41.8 Å². The Morgan fingerprint density at radius 2 is 2.09 bits per heavy atom. The van der Waals surface area contributed by atoms with Crippen molar-refractivity contribution in [2.45, 2.75) is 38.8 Å². The number of nitrogens with one attached hydrogen (secondary N) is 1. The number of halogens is 1. The van der Waals surface area contributed by atoms with Crippen molar-refractivity contribution >= 4 is 16.9 Å². The molecule has 32 heavy (non-hydrogen) atoms. The van der Waals surface area contributed by atoms with E-state index in [2.05, 4.69) is 34.0 Å². The Labute approximate surface area is 186 Å². The van der Waals surface area contributed by atoms with Gasteiger partial charge in [0, 0.05) is 43.5 Å². The van der Waals surface area contributed by atoms with Crippen molar-refractivity contribution in [3.05, 3.63) is 72.4 Å². The van der Waals surface area contributed by atoms with E-state index in [-0.39, 0.29) is 17.8 Å². The summed E-state index contributed by atoms with van der Waals surface area (Å²) in [7, 11) is 0. The van der Waals surface area contributed by atoms with Gasteiger partial charge >= 0.3 is 0 Å². The van der Waals surface area contributed by atoms with E-state index in [1.54, 1.807) is 18.3 Å². The smallest absolute Gasteiger partial charge is 0.223 e. The van der Waals surface area contributed by atoms with Gasteiger partial charge < -0.3 is 9.47 Å². The fourth-order valence-corrected chi connectivity index (χ4v) is 4.77. The molecule has 1 amide bonds. The number of nitrogens with zero attached hydrogens (tertiary/aromatic N) is 4. The number of likely N-dealkylation sites (tertiary alicyclic amines) is 1. The van der Waals surface area contributed by atoms with Gasteiger partial charge in [0.15, 0.2) is 0 Å². The van der Waals surface area contributed by atoms with Crippen LogP contribution in [0.5, 0.6) is 0 Å². The van der Waals surface area contributed by atoms with Gasteiger partial charge in [-0.2, -0.15) is 5.10 Å². The fraction of sp³-hybridized carbons (Fsp3) is 0.320. The van der Waals surface area contributed by atoms with E-state index in [0.29, 0.717) is 24.3 Å². The van der Waals surface area contributed by atoms with Crippen molar-refractivity contribution in [2.24, 2.45) is 5.92 Å². The van der Waals surface area contributed by atoms with Gasteiger partial charge in [0.25, 0.3) is 0 Å². The highest BCUT2D eigenvalue weighted by Gasteiger charge is 2.32. The molecule has 0 spiro atoms. The standard InChI is InChI=1S/C25H26FN5O/c1-17-12-18(16-31(17)25(32)9-6-19-4-2-3-5-21(19)26)15-30-11-10-23-24(30)8-7-22(29-23)20-13-27-28-14-20/h2-5,7-8,10-11,13-14,17-18H,6,9,12,15-16H2,1H3,(H,27,28)/t17-,18-/m1/s1. The molecule has 1 aliphatic heterocycles. The number of rotatable bonds is 6. The summed E-state index contributed by atoms with van der Waals surface area (Å²) in [6, 6.07) is 13.0. The maximum Gasteiger partial charge on any atom is 0.223 e. The third-order valence-electron chi connectivity index (χ3n) is 6.42. The number of carbonyl (C=O) groups excluding carboxylic acids is 1. The topological polar surface area (TPSA) is 66.8 Å². The summed E-state index contributed by atoms with van der Waals surface area (Å²) in [5, 5.41) is 6.82. The maximum atomic E-state index is 13.9. The van der Waals surface area contributed by atoms with Crippen LogP contribution in [0.4, 0.5) is 4.39 Å². The molecule has 6 nitrogen and oxygen atoms in total. The number of hydrogen-bond acceptors (Lipinski definition) is 3. The largest absolute Gasteiger partial charge is 0.346 e. The first kappa shape index (κ1) is 20.4. The highest BCUT2D eigenvalue weighted by Crippen LogP contribution is 2.28. The van der Waals surface area contributed by atoms with Crippen molar-refractivity contribution in [1.29, 1.82) is 0 Å². The van der Waals surface area contributed by atoms with Crippen LogP contribution in [0.25, 0.3) is 22.3 Å². The van der Waals surface area contributed by atoms with Gasteiger partial charge in [0.2, 0.25) is 5.91 Å². The van der Waals surface area contributed by atoms with Crippen LogP contribution < -0.4 is 0 Å². The molecular formula is C25H26FN5O. The lowest BCUT2D eigenvalue weighted by molar-refractivity contribution is -0.131. The van der Waals surface area contributed by atoms with Crippen molar-refractivity contribution in [3.8, 4) is 11.3 Å². The molecule has 3 aromatic heterocycles. The second-order valence-corrected chi connectivity index (χ2v) is 8.64. The predicted molar refractivity (Wildman–Crippen MR) is 121 cm³/mol. The third kappa shape index (κ3) is 4.02. The van der Waals surface area contributed by atoms with E-state index in [9.17, 15) is 9.18 Å². The molecule has 5 rings (SSSR count). The SMILES string of the molecule is C[C@@H]1C[C@H](Cn2ccc3nc(-c4cn[nH]c4)ccc32)CN1C(=O)CCc1ccccc1F. The van der Waals surface area contributed by atoms with Crippen LogP contribution in [0.1, 0.15) is 25.3 Å². The Balaban J connectivity index is 1.23. The number of amides is 1. The van der Waals surface area contributed by atoms with Crippen LogP contribution in [-0.2, 0) is 17.8 Å². The summed E-state index contributed by atoms with van der Waals surface area (Å²) in [5.74, 6) is 0.246. The normalized spacial score (nSPS) is 18.5. The van der Waals surface area contributed by atoms with Crippen molar-refractivity contribution in [1.82, 2.24) is 24.6 Å². The van der Waals surface area contributed by atoms with Crippen LogP contribution in [0.15, 0.2) is 61.1 Å². The minimum absolute atomic E-state index is 0.104. The maximum absolute atomic E-state index is 13.9. The quantitative estimate of drug-likeness (QED) is 0.491. The molecule has 0 aliphatic carbocycles. The summed E-state index contributed by atoms with van der Waals surface area (Å²) in [6.45, 7) is 3.68. The molecule has 0 unspecified atom stereocenters. The van der Waals surface area contributed by atoms with E-state index < -0.39 is 0 Å². The first-order chi connectivity index (χ1) is 15.6. The Kier molecular flexibility index (Phi) is 5.47. The molecule has 0 radical (unpaired) electrons. The summed E-state index contributed by atoms with van der Waals surface area (Å²) in [5.41, 5.74) is 4.51. The Morgan fingerprint density at radius 1 is 1.22 bits per heavy atom. The summed E-state index contributed by atoms with van der Waals surface area (Å²) in [6.07, 6.45) is 7.42. The van der Waals surface area contributed by atoms with Crippen molar-refractivity contribution < 1.29 is 9.18 Å². The molecule has 7 heteroatoms. The van der Waals surface area contributed by atoms with Crippen LogP contribution in [0.3, 0.4) is 0 Å². The first-order valence-corrected chi connectivity index (χ1v) is 11.1. The zero-order valence-corrected chi connectivity index (χ0v) is 18.0. The summed E-state index contributed by atoms with van der Waals surface area (Å²) >= 11 is 0. The molecule has 4 heterocycles. The molecule has 1 saturated heterocycles. The lowest BCUT2D eigenvalue weighted by Gasteiger charge is -2.21. The number of aromatic amines is 1. The van der Waals surface area contributed by atoms with Gasteiger partial charge in [0.1, 0.15) is 5.82 Å². The Hall–Kier alpha value is -3.48. The Morgan fingerprint density at radius 3 is 2.91 bits per heavy atom. The predicted octanol–water partition coefficient (Wildman–Crippen LogP) is 4.44. The second kappa shape index (κ2) is 8.57. The molecule has 0 bridgehead atoms. The van der Waals surface area contributed by atoms with E-state index in [1.807, 2.05) is 29.3 Å². The Bertz CT molecular complexity index is 1230. The monoisotopic (exact) mass is 431 g/mol. The average molecular weight is 432 g/mol. The zero-order chi connectivity index (χ0) is 22.1. The number of hydrogen-bond donors (Lipinski definition) is 1. The summed E-state index contributed by atoms with van der Waals surface area (Å²) in [4.78, 5) is 19.5. The zero-order valence-electron chi connectivity index (χ0n) is 18.0. The molecule has 1 fully saturated rings.